The lowest BCUT2D eigenvalue weighted by atomic mass is 9.78. The van der Waals surface area contributed by atoms with E-state index in [1.165, 1.54) is 18.9 Å². The maximum atomic E-state index is 11.4. The van der Waals surface area contributed by atoms with Gasteiger partial charge in [0.25, 0.3) is 5.91 Å². The summed E-state index contributed by atoms with van der Waals surface area (Å²) < 4.78 is 0. The van der Waals surface area contributed by atoms with Gasteiger partial charge in [-0.05, 0) is 37.4 Å². The fourth-order valence-electron chi connectivity index (χ4n) is 2.40. The summed E-state index contributed by atoms with van der Waals surface area (Å²) in [6.45, 7) is 6.43. The maximum absolute atomic E-state index is 11.4. The third-order valence-electron chi connectivity index (χ3n) is 3.87. The summed E-state index contributed by atoms with van der Waals surface area (Å²) in [4.78, 5) is 11.4. The number of rotatable bonds is 3. The van der Waals surface area contributed by atoms with Gasteiger partial charge in [-0.15, -0.1) is 0 Å². The molecule has 1 amide bonds. The van der Waals surface area contributed by atoms with Crippen LogP contribution in [-0.4, -0.2) is 17.1 Å². The van der Waals surface area contributed by atoms with Gasteiger partial charge in [-0.2, -0.15) is 0 Å². The Labute approximate surface area is 127 Å². The summed E-state index contributed by atoms with van der Waals surface area (Å²) >= 11 is 5.21. The number of hydrogen-bond donors (Lipinski definition) is 3. The number of carbonyl (C=O) groups is 1. The summed E-state index contributed by atoms with van der Waals surface area (Å²) in [5, 5.41) is 3.76. The van der Waals surface area contributed by atoms with Gasteiger partial charge in [0.2, 0.25) is 0 Å². The van der Waals surface area contributed by atoms with Crippen LogP contribution in [0.4, 0.5) is 0 Å². The molecule has 4 nitrogen and oxygen atoms in total. The van der Waals surface area contributed by atoms with E-state index in [2.05, 4.69) is 30.0 Å². The van der Waals surface area contributed by atoms with Crippen LogP contribution in [0.1, 0.15) is 40.0 Å². The standard InChI is InChI=1S/C15H25N3OS/c1-4-5-6-10-14(19)17-18-15(20)16-13-9-7-8-11(2)12(13)3/h4-6,10-13H,7-9H2,1-3H3,(H,17,19)(H2,16,18,20)/b5-4+,10-6+/t11-,12-,13-/m0/s1. The number of nitrogens with one attached hydrogen (secondary N) is 3. The molecule has 5 heteroatoms. The fraction of sp³-hybridized carbons (Fsp3) is 0.600. The second kappa shape index (κ2) is 8.74. The Morgan fingerprint density at radius 3 is 2.65 bits per heavy atom. The van der Waals surface area contributed by atoms with Gasteiger partial charge in [0.1, 0.15) is 0 Å². The van der Waals surface area contributed by atoms with Crippen molar-refractivity contribution in [2.45, 2.75) is 46.1 Å². The molecule has 3 atom stereocenters. The molecule has 0 aromatic carbocycles. The SMILES string of the molecule is C/C=C/C=C/C(=O)NNC(=S)N[C@H]1CCC[C@H](C)[C@@H]1C. The largest absolute Gasteiger partial charge is 0.358 e. The lowest BCUT2D eigenvalue weighted by molar-refractivity contribution is -0.117. The zero-order chi connectivity index (χ0) is 15.0. The summed E-state index contributed by atoms with van der Waals surface area (Å²) in [6, 6.07) is 0.384. The zero-order valence-corrected chi connectivity index (χ0v) is 13.3. The van der Waals surface area contributed by atoms with E-state index in [1.54, 1.807) is 12.2 Å². The highest BCUT2D eigenvalue weighted by molar-refractivity contribution is 7.80. The minimum absolute atomic E-state index is 0.225. The average Bonchev–Trinajstić information content (AvgIpc) is 2.42. The van der Waals surface area contributed by atoms with Crippen LogP contribution in [0.15, 0.2) is 24.3 Å². The molecule has 112 valence electrons. The molecule has 0 saturated heterocycles. The predicted molar refractivity (Wildman–Crippen MR) is 86.9 cm³/mol. The first-order valence-electron chi connectivity index (χ1n) is 7.20. The molecule has 0 radical (unpaired) electrons. The molecule has 1 fully saturated rings. The number of allylic oxidation sites excluding steroid dienone is 3. The average molecular weight is 295 g/mol. The van der Waals surface area contributed by atoms with Gasteiger partial charge in [-0.25, -0.2) is 0 Å². The minimum atomic E-state index is -0.225. The van der Waals surface area contributed by atoms with Gasteiger partial charge in [0, 0.05) is 12.1 Å². The molecule has 0 aromatic rings. The van der Waals surface area contributed by atoms with Crippen molar-refractivity contribution in [1.29, 1.82) is 0 Å². The van der Waals surface area contributed by atoms with Crippen molar-refractivity contribution in [1.82, 2.24) is 16.2 Å². The van der Waals surface area contributed by atoms with E-state index >= 15 is 0 Å². The Kier molecular flexibility index (Phi) is 7.30. The third kappa shape index (κ3) is 5.74. The first-order chi connectivity index (χ1) is 9.54. The second-order valence-corrected chi connectivity index (χ2v) is 5.75. The number of carbonyl (C=O) groups excluding carboxylic acids is 1. The van der Waals surface area contributed by atoms with Crippen molar-refractivity contribution in [3.8, 4) is 0 Å². The third-order valence-corrected chi connectivity index (χ3v) is 4.09. The predicted octanol–water partition coefficient (Wildman–Crippen LogP) is 2.44. The topological polar surface area (TPSA) is 53.2 Å². The van der Waals surface area contributed by atoms with Crippen molar-refractivity contribution in [3.63, 3.8) is 0 Å². The fourth-order valence-corrected chi connectivity index (χ4v) is 2.61. The first kappa shape index (κ1) is 16.7. The number of hydrazine groups is 1. The maximum Gasteiger partial charge on any atom is 0.262 e. The van der Waals surface area contributed by atoms with Crippen LogP contribution >= 0.6 is 12.2 Å². The second-order valence-electron chi connectivity index (χ2n) is 5.35. The van der Waals surface area contributed by atoms with E-state index in [9.17, 15) is 4.79 Å². The van der Waals surface area contributed by atoms with Crippen molar-refractivity contribution in [2.75, 3.05) is 0 Å². The van der Waals surface area contributed by atoms with Crippen molar-refractivity contribution < 1.29 is 4.79 Å². The van der Waals surface area contributed by atoms with Crippen LogP contribution in [0.2, 0.25) is 0 Å². The van der Waals surface area contributed by atoms with E-state index in [4.69, 9.17) is 12.2 Å². The molecule has 0 aliphatic heterocycles. The molecule has 1 rings (SSSR count). The molecule has 0 spiro atoms. The lowest BCUT2D eigenvalue weighted by Gasteiger charge is -2.35. The Morgan fingerprint density at radius 2 is 1.95 bits per heavy atom. The van der Waals surface area contributed by atoms with E-state index in [1.807, 2.05) is 13.0 Å². The highest BCUT2D eigenvalue weighted by Crippen LogP contribution is 2.29. The van der Waals surface area contributed by atoms with E-state index in [0.29, 0.717) is 23.0 Å². The Hall–Kier alpha value is -1.36. The number of amides is 1. The first-order valence-corrected chi connectivity index (χ1v) is 7.61. The number of thiocarbonyl (C=S) groups is 1. The quantitative estimate of drug-likeness (QED) is 0.324. The Bertz CT molecular complexity index is 393. The van der Waals surface area contributed by atoms with Crippen LogP contribution in [0.25, 0.3) is 0 Å². The highest BCUT2D eigenvalue weighted by atomic mass is 32.1. The molecular formula is C15H25N3OS. The smallest absolute Gasteiger partial charge is 0.262 e. The molecule has 1 saturated carbocycles. The zero-order valence-electron chi connectivity index (χ0n) is 12.5. The summed E-state index contributed by atoms with van der Waals surface area (Å²) in [6.07, 6.45) is 10.4. The van der Waals surface area contributed by atoms with Crippen molar-refractivity contribution in [2.24, 2.45) is 11.8 Å². The Morgan fingerprint density at radius 1 is 1.20 bits per heavy atom. The van der Waals surface area contributed by atoms with Crippen LogP contribution in [0.3, 0.4) is 0 Å². The molecular weight excluding hydrogens is 270 g/mol. The van der Waals surface area contributed by atoms with Crippen LogP contribution in [0.5, 0.6) is 0 Å². The van der Waals surface area contributed by atoms with Gasteiger partial charge in [-0.3, -0.25) is 15.6 Å². The normalized spacial score (nSPS) is 26.6. The molecule has 3 N–H and O–H groups in total. The summed E-state index contributed by atoms with van der Waals surface area (Å²) in [5.41, 5.74) is 5.28. The molecule has 0 heterocycles. The van der Waals surface area contributed by atoms with Gasteiger partial charge in [0.05, 0.1) is 0 Å². The highest BCUT2D eigenvalue weighted by Gasteiger charge is 2.27. The molecule has 1 aliphatic rings. The van der Waals surface area contributed by atoms with Crippen LogP contribution in [0, 0.1) is 11.8 Å². The van der Waals surface area contributed by atoms with Crippen LogP contribution in [-0.2, 0) is 4.79 Å². The molecule has 20 heavy (non-hydrogen) atoms. The number of hydrogen-bond acceptors (Lipinski definition) is 2. The van der Waals surface area contributed by atoms with Gasteiger partial charge >= 0.3 is 0 Å². The molecule has 0 bridgehead atoms. The molecule has 0 unspecified atom stereocenters. The monoisotopic (exact) mass is 295 g/mol. The van der Waals surface area contributed by atoms with Gasteiger partial charge in [-0.1, -0.05) is 44.9 Å². The molecule has 1 aliphatic carbocycles. The lowest BCUT2D eigenvalue weighted by Crippen LogP contribution is -2.52. The van der Waals surface area contributed by atoms with Crippen LogP contribution < -0.4 is 16.2 Å². The van der Waals surface area contributed by atoms with Gasteiger partial charge < -0.3 is 5.32 Å². The van der Waals surface area contributed by atoms with E-state index in [-0.39, 0.29) is 5.91 Å². The summed E-state index contributed by atoms with van der Waals surface area (Å²) in [5.74, 6) is 1.08. The van der Waals surface area contributed by atoms with E-state index in [0.717, 1.165) is 6.42 Å². The molecule has 0 aromatic heterocycles. The van der Waals surface area contributed by atoms with Crippen molar-refractivity contribution >= 4 is 23.2 Å². The van der Waals surface area contributed by atoms with Gasteiger partial charge in [0.15, 0.2) is 5.11 Å². The summed E-state index contributed by atoms with van der Waals surface area (Å²) in [7, 11) is 0. The van der Waals surface area contributed by atoms with Crippen molar-refractivity contribution in [3.05, 3.63) is 24.3 Å². The minimum Gasteiger partial charge on any atom is -0.358 e. The Balaban J connectivity index is 2.31. The van der Waals surface area contributed by atoms with E-state index < -0.39 is 0 Å².